The number of hydrogen-bond acceptors (Lipinski definition) is 2. The van der Waals surface area contributed by atoms with Gasteiger partial charge in [0.2, 0.25) is 0 Å². The lowest BCUT2D eigenvalue weighted by Gasteiger charge is -2.26. The molecule has 116 valence electrons. The topological polar surface area (TPSA) is 69.6 Å². The van der Waals surface area contributed by atoms with E-state index in [9.17, 15) is 9.59 Å². The first-order valence-corrected chi connectivity index (χ1v) is 7.32. The van der Waals surface area contributed by atoms with Crippen LogP contribution in [0.2, 0.25) is 0 Å². The minimum absolute atomic E-state index is 0.114. The molecule has 0 heterocycles. The van der Waals surface area contributed by atoms with Gasteiger partial charge in [0.05, 0.1) is 0 Å². The zero-order chi connectivity index (χ0) is 15.8. The van der Waals surface area contributed by atoms with Crippen molar-refractivity contribution in [2.45, 2.75) is 45.6 Å². The van der Waals surface area contributed by atoms with Crippen LogP contribution in [0.5, 0.6) is 0 Å². The average molecular weight is 292 g/mol. The Morgan fingerprint density at radius 1 is 1.19 bits per heavy atom. The molecule has 0 atom stereocenters. The number of carbonyl (C=O) groups excluding carboxylic acids is 1. The number of nitrogens with zero attached hydrogens (tertiary/aromatic N) is 1. The Morgan fingerprint density at radius 3 is 2.24 bits per heavy atom. The second kappa shape index (κ2) is 8.29. The zero-order valence-electron chi connectivity index (χ0n) is 12.9. The first-order chi connectivity index (χ1) is 9.97. The van der Waals surface area contributed by atoms with E-state index in [2.05, 4.69) is 19.2 Å². The zero-order valence-corrected chi connectivity index (χ0v) is 12.9. The SMILES string of the molecule is CCC(CC)N(C)C(=O)Nc1ccc(CCC(=O)O)cc1. The maximum atomic E-state index is 12.1. The lowest BCUT2D eigenvalue weighted by atomic mass is 10.1. The van der Waals surface area contributed by atoms with Gasteiger partial charge in [0.15, 0.2) is 0 Å². The molecule has 0 aliphatic heterocycles. The molecule has 0 aliphatic rings. The van der Waals surface area contributed by atoms with E-state index in [0.717, 1.165) is 24.1 Å². The third-order valence-electron chi connectivity index (χ3n) is 3.64. The summed E-state index contributed by atoms with van der Waals surface area (Å²) in [5, 5.41) is 11.5. The quantitative estimate of drug-likeness (QED) is 0.809. The molecule has 0 bridgehead atoms. The van der Waals surface area contributed by atoms with E-state index in [1.807, 2.05) is 12.1 Å². The highest BCUT2D eigenvalue weighted by atomic mass is 16.4. The van der Waals surface area contributed by atoms with Crippen LogP contribution in [-0.4, -0.2) is 35.1 Å². The van der Waals surface area contributed by atoms with Gasteiger partial charge in [-0.3, -0.25) is 4.79 Å². The molecule has 0 saturated carbocycles. The molecule has 0 saturated heterocycles. The largest absolute Gasteiger partial charge is 0.481 e. The molecule has 1 aromatic carbocycles. The van der Waals surface area contributed by atoms with Crippen molar-refractivity contribution >= 4 is 17.7 Å². The van der Waals surface area contributed by atoms with Crippen LogP contribution in [0, 0.1) is 0 Å². The molecule has 21 heavy (non-hydrogen) atoms. The number of carboxylic acid groups (broad SMARTS) is 1. The fourth-order valence-electron chi connectivity index (χ4n) is 2.22. The van der Waals surface area contributed by atoms with Crippen molar-refractivity contribution in [3.05, 3.63) is 29.8 Å². The van der Waals surface area contributed by atoms with Gasteiger partial charge >= 0.3 is 12.0 Å². The van der Waals surface area contributed by atoms with E-state index < -0.39 is 5.97 Å². The Morgan fingerprint density at radius 2 is 1.76 bits per heavy atom. The van der Waals surface area contributed by atoms with Crippen molar-refractivity contribution < 1.29 is 14.7 Å². The van der Waals surface area contributed by atoms with Crippen LogP contribution >= 0.6 is 0 Å². The first-order valence-electron chi connectivity index (χ1n) is 7.32. The number of benzene rings is 1. The van der Waals surface area contributed by atoms with Crippen LogP contribution in [0.1, 0.15) is 38.7 Å². The number of hydrogen-bond donors (Lipinski definition) is 2. The number of carboxylic acids is 1. The molecular formula is C16H24N2O3. The van der Waals surface area contributed by atoms with E-state index in [1.54, 1.807) is 24.1 Å². The van der Waals surface area contributed by atoms with Crippen LogP contribution < -0.4 is 5.32 Å². The van der Waals surface area contributed by atoms with Gasteiger partial charge in [-0.05, 0) is 37.0 Å². The van der Waals surface area contributed by atoms with Gasteiger partial charge in [-0.2, -0.15) is 0 Å². The number of amides is 2. The molecular weight excluding hydrogens is 268 g/mol. The fourth-order valence-corrected chi connectivity index (χ4v) is 2.22. The van der Waals surface area contributed by atoms with Gasteiger partial charge in [-0.25, -0.2) is 4.79 Å². The molecule has 5 heteroatoms. The lowest BCUT2D eigenvalue weighted by Crippen LogP contribution is -2.39. The number of nitrogens with one attached hydrogen (secondary N) is 1. The number of carbonyl (C=O) groups is 2. The van der Waals surface area contributed by atoms with Crippen molar-refractivity contribution in [3.8, 4) is 0 Å². The van der Waals surface area contributed by atoms with Crippen LogP contribution in [0.15, 0.2) is 24.3 Å². The summed E-state index contributed by atoms with van der Waals surface area (Å²) < 4.78 is 0. The van der Waals surface area contributed by atoms with Crippen molar-refractivity contribution in [3.63, 3.8) is 0 Å². The molecule has 0 aliphatic carbocycles. The van der Waals surface area contributed by atoms with E-state index in [1.165, 1.54) is 0 Å². The second-order valence-corrected chi connectivity index (χ2v) is 5.10. The molecule has 2 amide bonds. The van der Waals surface area contributed by atoms with Crippen molar-refractivity contribution in [2.24, 2.45) is 0 Å². The summed E-state index contributed by atoms with van der Waals surface area (Å²) >= 11 is 0. The second-order valence-electron chi connectivity index (χ2n) is 5.10. The average Bonchev–Trinajstić information content (AvgIpc) is 2.47. The fraction of sp³-hybridized carbons (Fsp3) is 0.500. The van der Waals surface area contributed by atoms with Gasteiger partial charge < -0.3 is 15.3 Å². The number of urea groups is 1. The molecule has 0 aromatic heterocycles. The van der Waals surface area contributed by atoms with Crippen LogP contribution in [0.3, 0.4) is 0 Å². The van der Waals surface area contributed by atoms with Crippen LogP contribution in [0.4, 0.5) is 10.5 Å². The minimum atomic E-state index is -0.806. The summed E-state index contributed by atoms with van der Waals surface area (Å²) in [6, 6.07) is 7.40. The van der Waals surface area contributed by atoms with Gasteiger partial charge in [0.1, 0.15) is 0 Å². The molecule has 5 nitrogen and oxygen atoms in total. The summed E-state index contributed by atoms with van der Waals surface area (Å²) in [6.07, 6.45) is 2.46. The minimum Gasteiger partial charge on any atom is -0.481 e. The van der Waals surface area contributed by atoms with Gasteiger partial charge in [0, 0.05) is 25.2 Å². The molecule has 0 radical (unpaired) electrons. The van der Waals surface area contributed by atoms with E-state index >= 15 is 0 Å². The van der Waals surface area contributed by atoms with E-state index in [4.69, 9.17) is 5.11 Å². The van der Waals surface area contributed by atoms with Gasteiger partial charge in [-0.15, -0.1) is 0 Å². The molecule has 0 fully saturated rings. The predicted molar refractivity (Wildman–Crippen MR) is 83.6 cm³/mol. The highest BCUT2D eigenvalue weighted by molar-refractivity contribution is 5.89. The number of aryl methyl sites for hydroxylation is 1. The first kappa shape index (κ1) is 17.0. The summed E-state index contributed by atoms with van der Waals surface area (Å²) in [5.41, 5.74) is 1.67. The molecule has 1 rings (SSSR count). The number of rotatable bonds is 7. The monoisotopic (exact) mass is 292 g/mol. The lowest BCUT2D eigenvalue weighted by molar-refractivity contribution is -0.136. The molecule has 0 spiro atoms. The third kappa shape index (κ3) is 5.45. The van der Waals surface area contributed by atoms with Gasteiger partial charge in [0.25, 0.3) is 0 Å². The predicted octanol–water partition coefficient (Wildman–Crippen LogP) is 3.36. The Bertz CT molecular complexity index is 467. The van der Waals surface area contributed by atoms with Crippen molar-refractivity contribution in [2.75, 3.05) is 12.4 Å². The van der Waals surface area contributed by atoms with E-state index in [0.29, 0.717) is 6.42 Å². The Hall–Kier alpha value is -2.04. The van der Waals surface area contributed by atoms with Crippen molar-refractivity contribution in [1.29, 1.82) is 0 Å². The summed E-state index contributed by atoms with van der Waals surface area (Å²) in [7, 11) is 1.80. The number of aliphatic carboxylic acids is 1. The standard InChI is InChI=1S/C16H24N2O3/c1-4-14(5-2)18(3)16(21)17-13-9-6-12(7-10-13)8-11-15(19)20/h6-7,9-10,14H,4-5,8,11H2,1-3H3,(H,17,21)(H,19,20). The molecule has 2 N–H and O–H groups in total. The normalized spacial score (nSPS) is 10.5. The number of anilines is 1. The smallest absolute Gasteiger partial charge is 0.321 e. The van der Waals surface area contributed by atoms with Gasteiger partial charge in [-0.1, -0.05) is 26.0 Å². The van der Waals surface area contributed by atoms with Crippen LogP contribution in [-0.2, 0) is 11.2 Å². The summed E-state index contributed by atoms with van der Waals surface area (Å²) in [5.74, 6) is -0.806. The molecule has 1 aromatic rings. The summed E-state index contributed by atoms with van der Waals surface area (Å²) in [4.78, 5) is 24.3. The highest BCUT2D eigenvalue weighted by Gasteiger charge is 2.16. The Kier molecular flexibility index (Phi) is 6.72. The molecule has 0 unspecified atom stereocenters. The Balaban J connectivity index is 2.58. The third-order valence-corrected chi connectivity index (χ3v) is 3.64. The Labute approximate surface area is 126 Å². The maximum Gasteiger partial charge on any atom is 0.321 e. The maximum absolute atomic E-state index is 12.1. The van der Waals surface area contributed by atoms with E-state index in [-0.39, 0.29) is 18.5 Å². The van der Waals surface area contributed by atoms with Crippen LogP contribution in [0.25, 0.3) is 0 Å². The highest BCUT2D eigenvalue weighted by Crippen LogP contribution is 2.13. The summed E-state index contributed by atoms with van der Waals surface area (Å²) in [6.45, 7) is 4.13. The van der Waals surface area contributed by atoms with Crippen molar-refractivity contribution in [1.82, 2.24) is 4.90 Å².